The highest BCUT2D eigenvalue weighted by atomic mass is 19.1. The molecule has 0 spiro atoms. The molecule has 122 valence electrons. The summed E-state index contributed by atoms with van der Waals surface area (Å²) in [7, 11) is 0. The van der Waals surface area contributed by atoms with Crippen LogP contribution in [0.3, 0.4) is 0 Å². The molecule has 1 aliphatic rings. The van der Waals surface area contributed by atoms with E-state index in [0.717, 1.165) is 5.56 Å². The van der Waals surface area contributed by atoms with Gasteiger partial charge in [0, 0.05) is 6.54 Å². The Labute approximate surface area is 134 Å². The molecule has 1 N–H and O–H groups in total. The maximum absolute atomic E-state index is 13.3. The van der Waals surface area contributed by atoms with E-state index in [4.69, 9.17) is 9.15 Å². The molecule has 5 nitrogen and oxygen atoms in total. The fourth-order valence-electron chi connectivity index (χ4n) is 2.63. The summed E-state index contributed by atoms with van der Waals surface area (Å²) in [6.45, 7) is 3.17. The Hall–Kier alpha value is -2.34. The van der Waals surface area contributed by atoms with Crippen LogP contribution in [-0.4, -0.2) is 30.6 Å². The average molecular weight is 318 g/mol. The molecular weight excluding hydrogens is 299 g/mol. The smallest absolute Gasteiger partial charge is 0.318 e. The summed E-state index contributed by atoms with van der Waals surface area (Å²) in [5.74, 6) is 0.396. The molecular formula is C17H19FN2O3. The normalized spacial score (nSPS) is 19.4. The standard InChI is InChI=1S/C17H19FN2O3/c1-12(15-6-3-8-22-15)19-17(21)20-7-9-23-16(11-20)13-4-2-5-14(18)10-13/h2-6,8,10,12,16H,7,9,11H2,1H3,(H,19,21). The number of benzene rings is 1. The molecule has 0 saturated carbocycles. The molecule has 2 aromatic rings. The van der Waals surface area contributed by atoms with E-state index < -0.39 is 0 Å². The minimum atomic E-state index is -0.316. The summed E-state index contributed by atoms with van der Waals surface area (Å²) < 4.78 is 24.3. The molecule has 2 unspecified atom stereocenters. The van der Waals surface area contributed by atoms with Gasteiger partial charge in [0.25, 0.3) is 0 Å². The molecule has 1 aromatic carbocycles. The SMILES string of the molecule is CC(NC(=O)N1CCOC(c2cccc(F)c2)C1)c1ccco1. The third kappa shape index (κ3) is 3.71. The van der Waals surface area contributed by atoms with Crippen molar-refractivity contribution in [3.8, 4) is 0 Å². The van der Waals surface area contributed by atoms with Crippen LogP contribution in [0.5, 0.6) is 0 Å². The molecule has 1 saturated heterocycles. The minimum Gasteiger partial charge on any atom is -0.467 e. The van der Waals surface area contributed by atoms with Gasteiger partial charge in [-0.25, -0.2) is 9.18 Å². The van der Waals surface area contributed by atoms with E-state index in [1.165, 1.54) is 12.1 Å². The second-order valence-corrected chi connectivity index (χ2v) is 5.55. The number of carbonyl (C=O) groups excluding carboxylic acids is 1. The number of hydrogen-bond acceptors (Lipinski definition) is 3. The number of nitrogens with zero attached hydrogens (tertiary/aromatic N) is 1. The molecule has 1 aromatic heterocycles. The Balaban J connectivity index is 1.62. The summed E-state index contributed by atoms with van der Waals surface area (Å²) in [4.78, 5) is 14.1. The van der Waals surface area contributed by atoms with Gasteiger partial charge in [0.05, 0.1) is 25.5 Å². The van der Waals surface area contributed by atoms with Crippen molar-refractivity contribution >= 4 is 6.03 Å². The van der Waals surface area contributed by atoms with Gasteiger partial charge < -0.3 is 19.4 Å². The molecule has 1 fully saturated rings. The molecule has 0 radical (unpaired) electrons. The lowest BCUT2D eigenvalue weighted by Crippen LogP contribution is -2.47. The Bertz CT molecular complexity index is 660. The number of rotatable bonds is 3. The highest BCUT2D eigenvalue weighted by molar-refractivity contribution is 5.74. The third-order valence-corrected chi connectivity index (χ3v) is 3.88. The van der Waals surface area contributed by atoms with E-state index >= 15 is 0 Å². The summed E-state index contributed by atoms with van der Waals surface area (Å²) in [5, 5.41) is 2.90. The van der Waals surface area contributed by atoms with E-state index in [1.54, 1.807) is 29.4 Å². The fourth-order valence-corrected chi connectivity index (χ4v) is 2.63. The highest BCUT2D eigenvalue weighted by Crippen LogP contribution is 2.23. The van der Waals surface area contributed by atoms with E-state index in [-0.39, 0.29) is 24.0 Å². The summed E-state index contributed by atoms with van der Waals surface area (Å²) in [6.07, 6.45) is 1.26. The van der Waals surface area contributed by atoms with E-state index in [1.807, 2.05) is 13.0 Å². The molecule has 0 aliphatic carbocycles. The molecule has 2 heterocycles. The third-order valence-electron chi connectivity index (χ3n) is 3.88. The van der Waals surface area contributed by atoms with Crippen LogP contribution in [0.1, 0.15) is 30.4 Å². The lowest BCUT2D eigenvalue weighted by molar-refractivity contribution is -0.0159. The molecule has 0 bridgehead atoms. The Morgan fingerprint density at radius 2 is 2.26 bits per heavy atom. The number of carbonyl (C=O) groups is 1. The van der Waals surface area contributed by atoms with Gasteiger partial charge in [-0.3, -0.25) is 0 Å². The quantitative estimate of drug-likeness (QED) is 0.945. The monoisotopic (exact) mass is 318 g/mol. The number of ether oxygens (including phenoxy) is 1. The Morgan fingerprint density at radius 3 is 3.00 bits per heavy atom. The van der Waals surface area contributed by atoms with Crippen LogP contribution in [0.15, 0.2) is 47.1 Å². The molecule has 2 atom stereocenters. The van der Waals surface area contributed by atoms with Gasteiger partial charge in [-0.1, -0.05) is 12.1 Å². The second-order valence-electron chi connectivity index (χ2n) is 5.55. The van der Waals surface area contributed by atoms with Gasteiger partial charge in [-0.05, 0) is 36.8 Å². The van der Waals surface area contributed by atoms with Gasteiger partial charge >= 0.3 is 6.03 Å². The zero-order chi connectivity index (χ0) is 16.2. The minimum absolute atomic E-state index is 0.182. The maximum Gasteiger partial charge on any atom is 0.318 e. The van der Waals surface area contributed by atoms with Gasteiger partial charge in [0.2, 0.25) is 0 Å². The van der Waals surface area contributed by atoms with Gasteiger partial charge in [0.1, 0.15) is 17.7 Å². The lowest BCUT2D eigenvalue weighted by Gasteiger charge is -2.33. The first kappa shape index (κ1) is 15.6. The van der Waals surface area contributed by atoms with Crippen molar-refractivity contribution in [1.82, 2.24) is 10.2 Å². The first-order valence-electron chi connectivity index (χ1n) is 7.59. The van der Waals surface area contributed by atoms with Crippen LogP contribution in [0.2, 0.25) is 0 Å². The van der Waals surface area contributed by atoms with Gasteiger partial charge in [-0.15, -0.1) is 0 Å². The van der Waals surface area contributed by atoms with Crippen LogP contribution < -0.4 is 5.32 Å². The summed E-state index contributed by atoms with van der Waals surface area (Å²) in [6, 6.07) is 9.49. The molecule has 2 amide bonds. The van der Waals surface area contributed by atoms with Crippen LogP contribution in [0.4, 0.5) is 9.18 Å². The van der Waals surface area contributed by atoms with Gasteiger partial charge in [0.15, 0.2) is 0 Å². The number of hydrogen-bond donors (Lipinski definition) is 1. The number of nitrogens with one attached hydrogen (secondary N) is 1. The summed E-state index contributed by atoms with van der Waals surface area (Å²) >= 11 is 0. The van der Waals surface area contributed by atoms with Crippen LogP contribution in [0.25, 0.3) is 0 Å². The molecule has 23 heavy (non-hydrogen) atoms. The van der Waals surface area contributed by atoms with Crippen LogP contribution >= 0.6 is 0 Å². The number of amides is 2. The van der Waals surface area contributed by atoms with E-state index in [2.05, 4.69) is 5.32 Å². The fraction of sp³-hybridized carbons (Fsp3) is 0.353. The van der Waals surface area contributed by atoms with Crippen molar-refractivity contribution in [2.45, 2.75) is 19.1 Å². The van der Waals surface area contributed by atoms with Crippen LogP contribution in [-0.2, 0) is 4.74 Å². The summed E-state index contributed by atoms with van der Waals surface area (Å²) in [5.41, 5.74) is 0.738. The first-order chi connectivity index (χ1) is 11.1. The first-order valence-corrected chi connectivity index (χ1v) is 7.59. The van der Waals surface area contributed by atoms with Crippen molar-refractivity contribution < 1.29 is 18.3 Å². The number of furan rings is 1. The molecule has 3 rings (SSSR count). The predicted octanol–water partition coefficient (Wildman–Crippen LogP) is 3.26. The number of morpholine rings is 1. The largest absolute Gasteiger partial charge is 0.467 e. The zero-order valence-electron chi connectivity index (χ0n) is 12.9. The van der Waals surface area contributed by atoms with Crippen molar-refractivity contribution in [3.63, 3.8) is 0 Å². The highest BCUT2D eigenvalue weighted by Gasteiger charge is 2.26. The number of halogens is 1. The molecule has 6 heteroatoms. The van der Waals surface area contributed by atoms with Crippen molar-refractivity contribution in [3.05, 3.63) is 59.8 Å². The van der Waals surface area contributed by atoms with Crippen molar-refractivity contribution in [2.75, 3.05) is 19.7 Å². The van der Waals surface area contributed by atoms with Gasteiger partial charge in [-0.2, -0.15) is 0 Å². The topological polar surface area (TPSA) is 54.7 Å². The second kappa shape index (κ2) is 6.83. The predicted molar refractivity (Wildman–Crippen MR) is 82.3 cm³/mol. The maximum atomic E-state index is 13.3. The number of urea groups is 1. The van der Waals surface area contributed by atoms with Crippen molar-refractivity contribution in [2.24, 2.45) is 0 Å². The van der Waals surface area contributed by atoms with E-state index in [0.29, 0.717) is 25.5 Å². The van der Waals surface area contributed by atoms with E-state index in [9.17, 15) is 9.18 Å². The zero-order valence-corrected chi connectivity index (χ0v) is 12.9. The lowest BCUT2D eigenvalue weighted by atomic mass is 10.1. The Morgan fingerprint density at radius 1 is 1.39 bits per heavy atom. The van der Waals surface area contributed by atoms with Crippen LogP contribution in [0, 0.1) is 5.82 Å². The molecule has 1 aliphatic heterocycles. The van der Waals surface area contributed by atoms with Crippen molar-refractivity contribution in [1.29, 1.82) is 0 Å². The average Bonchev–Trinajstić information content (AvgIpc) is 3.09. The Kier molecular flexibility index (Phi) is 4.62.